The van der Waals surface area contributed by atoms with Crippen molar-refractivity contribution in [3.63, 3.8) is 0 Å². The van der Waals surface area contributed by atoms with Gasteiger partial charge in [-0.15, -0.1) is 0 Å². The zero-order valence-electron chi connectivity index (χ0n) is 11.9. The van der Waals surface area contributed by atoms with Gasteiger partial charge >= 0.3 is 0 Å². The third kappa shape index (κ3) is 2.66. The monoisotopic (exact) mass is 248 g/mol. The Morgan fingerprint density at radius 1 is 1.56 bits per heavy atom. The number of hydrogen-bond acceptors (Lipinski definition) is 3. The summed E-state index contributed by atoms with van der Waals surface area (Å²) in [5.41, 5.74) is 1.48. The minimum atomic E-state index is 0.316. The number of aromatic nitrogens is 1. The van der Waals surface area contributed by atoms with Crippen LogP contribution in [-0.4, -0.2) is 18.6 Å². The number of nitrogens with zero attached hydrogens (tertiary/aromatic N) is 1. The fourth-order valence-electron chi connectivity index (χ4n) is 2.62. The van der Waals surface area contributed by atoms with Crippen LogP contribution in [0, 0.1) is 11.3 Å². The summed E-state index contributed by atoms with van der Waals surface area (Å²) in [5.74, 6) is 1.56. The highest BCUT2D eigenvalue weighted by atomic mass is 16.5. The van der Waals surface area contributed by atoms with E-state index in [1.54, 1.807) is 7.11 Å². The highest BCUT2D eigenvalue weighted by Gasteiger charge is 2.51. The van der Waals surface area contributed by atoms with Crippen LogP contribution >= 0.6 is 0 Å². The number of methoxy groups -OCH3 is 1. The lowest BCUT2D eigenvalue weighted by molar-refractivity contribution is 0.367. The molecule has 1 fully saturated rings. The predicted octanol–water partition coefficient (Wildman–Crippen LogP) is 3.18. The Balaban J connectivity index is 2.23. The Hall–Kier alpha value is -1.09. The van der Waals surface area contributed by atoms with Crippen molar-refractivity contribution in [2.45, 2.75) is 39.7 Å². The first-order valence-corrected chi connectivity index (χ1v) is 6.82. The second kappa shape index (κ2) is 5.27. The maximum Gasteiger partial charge on any atom is 0.141 e. The lowest BCUT2D eigenvalue weighted by Crippen LogP contribution is -2.26. The maximum atomic E-state index is 5.45. The summed E-state index contributed by atoms with van der Waals surface area (Å²) in [6.07, 6.45) is 4.25. The van der Waals surface area contributed by atoms with Crippen molar-refractivity contribution in [3.8, 4) is 5.75 Å². The first kappa shape index (κ1) is 13.3. The van der Waals surface area contributed by atoms with Gasteiger partial charge in [-0.3, -0.25) is 4.98 Å². The largest absolute Gasteiger partial charge is 0.495 e. The second-order valence-corrected chi connectivity index (χ2v) is 5.82. The Bertz CT molecular complexity index is 403. The molecule has 1 aromatic rings. The molecule has 3 heteroatoms. The lowest BCUT2D eigenvalue weighted by Gasteiger charge is -2.21. The minimum absolute atomic E-state index is 0.316. The Kier molecular flexibility index (Phi) is 3.91. The standard InChI is InChI=1S/C15H24N2O/c1-5-8-16-13(11-10-15(11,2)3)14-12(18-4)7-6-9-17-14/h6-7,9,11,13,16H,5,8,10H2,1-4H3. The second-order valence-electron chi connectivity index (χ2n) is 5.82. The third-order valence-electron chi connectivity index (χ3n) is 3.92. The number of pyridine rings is 1. The van der Waals surface area contributed by atoms with Crippen LogP contribution in [0.25, 0.3) is 0 Å². The molecule has 0 aliphatic heterocycles. The number of rotatable bonds is 6. The van der Waals surface area contributed by atoms with Crippen molar-refractivity contribution in [1.82, 2.24) is 10.3 Å². The van der Waals surface area contributed by atoms with Gasteiger partial charge in [0.1, 0.15) is 5.75 Å². The highest BCUT2D eigenvalue weighted by Crippen LogP contribution is 2.58. The molecular formula is C15H24N2O. The summed E-state index contributed by atoms with van der Waals surface area (Å²) in [6, 6.07) is 4.24. The average Bonchev–Trinajstić information content (AvgIpc) is 2.99. The fraction of sp³-hybridized carbons (Fsp3) is 0.667. The quantitative estimate of drug-likeness (QED) is 0.839. The van der Waals surface area contributed by atoms with Crippen molar-refractivity contribution < 1.29 is 4.74 Å². The number of hydrogen-bond donors (Lipinski definition) is 1. The topological polar surface area (TPSA) is 34.2 Å². The van der Waals surface area contributed by atoms with E-state index in [0.29, 0.717) is 17.4 Å². The van der Waals surface area contributed by atoms with Crippen molar-refractivity contribution >= 4 is 0 Å². The van der Waals surface area contributed by atoms with E-state index >= 15 is 0 Å². The molecule has 0 amide bonds. The van der Waals surface area contributed by atoms with Crippen LogP contribution in [0.1, 0.15) is 45.3 Å². The van der Waals surface area contributed by atoms with E-state index in [2.05, 4.69) is 31.1 Å². The van der Waals surface area contributed by atoms with E-state index in [1.807, 2.05) is 18.3 Å². The van der Waals surface area contributed by atoms with Crippen molar-refractivity contribution in [1.29, 1.82) is 0 Å². The molecule has 0 bridgehead atoms. The molecule has 1 N–H and O–H groups in total. The Labute approximate surface area is 110 Å². The van der Waals surface area contributed by atoms with Gasteiger partial charge in [-0.2, -0.15) is 0 Å². The molecule has 2 unspecified atom stereocenters. The summed E-state index contributed by atoms with van der Waals surface area (Å²) in [6.45, 7) is 7.87. The van der Waals surface area contributed by atoms with E-state index < -0.39 is 0 Å². The molecule has 1 aliphatic carbocycles. The molecular weight excluding hydrogens is 224 g/mol. The predicted molar refractivity (Wildman–Crippen MR) is 73.7 cm³/mol. The molecule has 2 atom stereocenters. The van der Waals surface area contributed by atoms with E-state index in [-0.39, 0.29) is 0 Å². The SMILES string of the molecule is CCCNC(c1ncccc1OC)C1CC1(C)C. The lowest BCUT2D eigenvalue weighted by atomic mass is 10.00. The van der Waals surface area contributed by atoms with Gasteiger partial charge in [0.2, 0.25) is 0 Å². The molecule has 100 valence electrons. The number of ether oxygens (including phenoxy) is 1. The molecule has 0 radical (unpaired) electrons. The van der Waals surface area contributed by atoms with Gasteiger partial charge < -0.3 is 10.1 Å². The molecule has 18 heavy (non-hydrogen) atoms. The summed E-state index contributed by atoms with van der Waals surface area (Å²) < 4.78 is 5.45. The van der Waals surface area contributed by atoms with Crippen LogP contribution in [-0.2, 0) is 0 Å². The highest BCUT2D eigenvalue weighted by molar-refractivity contribution is 5.31. The van der Waals surface area contributed by atoms with Crippen LogP contribution in [0.5, 0.6) is 5.75 Å². The van der Waals surface area contributed by atoms with E-state index in [0.717, 1.165) is 24.4 Å². The molecule has 1 aromatic heterocycles. The van der Waals surface area contributed by atoms with Crippen LogP contribution in [0.3, 0.4) is 0 Å². The Morgan fingerprint density at radius 3 is 2.83 bits per heavy atom. The summed E-state index contributed by atoms with van der Waals surface area (Å²) in [7, 11) is 1.72. The Morgan fingerprint density at radius 2 is 2.28 bits per heavy atom. The van der Waals surface area contributed by atoms with Crippen molar-refractivity contribution in [2.24, 2.45) is 11.3 Å². The first-order valence-electron chi connectivity index (χ1n) is 6.82. The molecule has 1 heterocycles. The molecule has 0 aromatic carbocycles. The van der Waals surface area contributed by atoms with Crippen molar-refractivity contribution in [2.75, 3.05) is 13.7 Å². The molecule has 2 rings (SSSR count). The summed E-state index contributed by atoms with van der Waals surface area (Å²) in [5, 5.41) is 3.64. The van der Waals surface area contributed by atoms with Gasteiger partial charge in [-0.25, -0.2) is 0 Å². The average molecular weight is 248 g/mol. The third-order valence-corrected chi connectivity index (χ3v) is 3.92. The van der Waals surface area contributed by atoms with E-state index in [4.69, 9.17) is 4.74 Å². The fourth-order valence-corrected chi connectivity index (χ4v) is 2.62. The summed E-state index contributed by atoms with van der Waals surface area (Å²) >= 11 is 0. The summed E-state index contributed by atoms with van der Waals surface area (Å²) in [4.78, 5) is 4.54. The normalized spacial score (nSPS) is 22.6. The molecule has 0 saturated heterocycles. The van der Waals surface area contributed by atoms with Crippen LogP contribution in [0.2, 0.25) is 0 Å². The van der Waals surface area contributed by atoms with Gasteiger partial charge in [-0.1, -0.05) is 20.8 Å². The van der Waals surface area contributed by atoms with Gasteiger partial charge in [0.15, 0.2) is 0 Å². The molecule has 1 saturated carbocycles. The molecule has 1 aliphatic rings. The van der Waals surface area contributed by atoms with E-state index in [9.17, 15) is 0 Å². The molecule has 0 spiro atoms. The maximum absolute atomic E-state index is 5.45. The van der Waals surface area contributed by atoms with Gasteiger partial charge in [0.05, 0.1) is 18.8 Å². The van der Waals surface area contributed by atoms with Gasteiger partial charge in [0.25, 0.3) is 0 Å². The minimum Gasteiger partial charge on any atom is -0.495 e. The first-order chi connectivity index (χ1) is 8.60. The smallest absolute Gasteiger partial charge is 0.141 e. The zero-order chi connectivity index (χ0) is 13.2. The van der Waals surface area contributed by atoms with Gasteiger partial charge in [-0.05, 0) is 42.9 Å². The molecule has 3 nitrogen and oxygen atoms in total. The number of nitrogens with one attached hydrogen (secondary N) is 1. The van der Waals surface area contributed by atoms with Crippen molar-refractivity contribution in [3.05, 3.63) is 24.0 Å². The van der Waals surface area contributed by atoms with Crippen LogP contribution in [0.15, 0.2) is 18.3 Å². The van der Waals surface area contributed by atoms with Gasteiger partial charge in [0, 0.05) is 6.20 Å². The van der Waals surface area contributed by atoms with E-state index in [1.165, 1.54) is 6.42 Å². The zero-order valence-corrected chi connectivity index (χ0v) is 11.9. The van der Waals surface area contributed by atoms with Crippen LogP contribution < -0.4 is 10.1 Å². The van der Waals surface area contributed by atoms with Crippen LogP contribution in [0.4, 0.5) is 0 Å².